The Hall–Kier alpha value is -2.21. The highest BCUT2D eigenvalue weighted by Crippen LogP contribution is 2.11. The van der Waals surface area contributed by atoms with Crippen LogP contribution >= 0.6 is 0 Å². The molecule has 1 aromatic carbocycles. The number of hydrogen-bond acceptors (Lipinski definition) is 5. The average Bonchev–Trinajstić information content (AvgIpc) is 3.02. The first-order valence-electron chi connectivity index (χ1n) is 7.16. The molecule has 1 atom stereocenters. The predicted molar refractivity (Wildman–Crippen MR) is 79.4 cm³/mol. The van der Waals surface area contributed by atoms with E-state index in [4.69, 9.17) is 4.74 Å². The summed E-state index contributed by atoms with van der Waals surface area (Å²) in [4.78, 5) is 14.7. The molecule has 0 bridgehead atoms. The monoisotopic (exact) mass is 286 g/mol. The molecule has 6 heteroatoms. The molecule has 1 aromatic heterocycles. The minimum absolute atomic E-state index is 0.194. The second kappa shape index (κ2) is 6.49. The third-order valence-electron chi connectivity index (χ3n) is 3.50. The van der Waals surface area contributed by atoms with Gasteiger partial charge in [-0.05, 0) is 18.4 Å². The molecule has 1 saturated heterocycles. The number of H-pyrrole nitrogens is 1. The second-order valence-corrected chi connectivity index (χ2v) is 5.13. The molecular weight excluding hydrogens is 268 g/mol. The molecular formula is C15H18N4O2. The number of aromatic amines is 1. The number of nitrogens with zero attached hydrogens (tertiary/aromatic N) is 2. The molecule has 3 rings (SSSR count). The molecule has 0 radical (unpaired) electrons. The van der Waals surface area contributed by atoms with Crippen molar-refractivity contribution in [3.8, 4) is 0 Å². The van der Waals surface area contributed by atoms with Gasteiger partial charge in [0, 0.05) is 19.6 Å². The molecule has 1 fully saturated rings. The van der Waals surface area contributed by atoms with Crippen molar-refractivity contribution in [3.05, 3.63) is 51.9 Å². The quantitative estimate of drug-likeness (QED) is 0.867. The van der Waals surface area contributed by atoms with E-state index in [0.29, 0.717) is 24.6 Å². The summed E-state index contributed by atoms with van der Waals surface area (Å²) >= 11 is 0. The van der Waals surface area contributed by atoms with Crippen LogP contribution in [-0.2, 0) is 11.2 Å². The van der Waals surface area contributed by atoms with E-state index in [-0.39, 0.29) is 11.7 Å². The van der Waals surface area contributed by atoms with E-state index < -0.39 is 0 Å². The number of anilines is 1. The molecule has 2 aromatic rings. The first kappa shape index (κ1) is 13.8. The molecule has 21 heavy (non-hydrogen) atoms. The van der Waals surface area contributed by atoms with Gasteiger partial charge in [0.05, 0.1) is 6.10 Å². The van der Waals surface area contributed by atoms with Gasteiger partial charge in [-0.3, -0.25) is 9.78 Å². The first-order valence-corrected chi connectivity index (χ1v) is 7.16. The van der Waals surface area contributed by atoms with Crippen molar-refractivity contribution < 1.29 is 4.74 Å². The zero-order valence-corrected chi connectivity index (χ0v) is 11.7. The maximum atomic E-state index is 12.0. The summed E-state index contributed by atoms with van der Waals surface area (Å²) in [5, 5.41) is 11.1. The zero-order chi connectivity index (χ0) is 14.5. The summed E-state index contributed by atoms with van der Waals surface area (Å²) in [6.07, 6.45) is 2.80. The lowest BCUT2D eigenvalue weighted by atomic mass is 10.1. The molecule has 0 amide bonds. The maximum Gasteiger partial charge on any atom is 0.274 e. The number of hydrogen-bond donors (Lipinski definition) is 2. The fraction of sp³-hybridized carbons (Fsp3) is 0.400. The third-order valence-corrected chi connectivity index (χ3v) is 3.50. The number of rotatable bonds is 5. The van der Waals surface area contributed by atoms with E-state index in [9.17, 15) is 4.79 Å². The van der Waals surface area contributed by atoms with Crippen molar-refractivity contribution in [2.24, 2.45) is 0 Å². The van der Waals surface area contributed by atoms with Crippen LogP contribution in [0, 0.1) is 0 Å². The van der Waals surface area contributed by atoms with Crippen molar-refractivity contribution in [1.29, 1.82) is 0 Å². The lowest BCUT2D eigenvalue weighted by Gasteiger charge is -2.10. The Morgan fingerprint density at radius 3 is 2.86 bits per heavy atom. The second-order valence-electron chi connectivity index (χ2n) is 5.13. The molecule has 2 heterocycles. The van der Waals surface area contributed by atoms with Crippen LogP contribution in [-0.4, -0.2) is 34.4 Å². The van der Waals surface area contributed by atoms with Gasteiger partial charge >= 0.3 is 0 Å². The van der Waals surface area contributed by atoms with E-state index in [0.717, 1.165) is 25.0 Å². The molecule has 2 N–H and O–H groups in total. The lowest BCUT2D eigenvalue weighted by Crippen LogP contribution is -2.24. The van der Waals surface area contributed by atoms with Gasteiger partial charge in [0.15, 0.2) is 0 Å². The van der Waals surface area contributed by atoms with Crippen molar-refractivity contribution in [2.75, 3.05) is 18.5 Å². The van der Waals surface area contributed by atoms with Crippen molar-refractivity contribution in [2.45, 2.75) is 25.4 Å². The van der Waals surface area contributed by atoms with E-state index >= 15 is 0 Å². The highest BCUT2D eigenvalue weighted by molar-refractivity contribution is 5.24. The molecule has 0 unspecified atom stereocenters. The van der Waals surface area contributed by atoms with Crippen LogP contribution < -0.4 is 10.9 Å². The minimum atomic E-state index is -0.205. The standard InChI is InChI=1S/C15H18N4O2/c20-14-13(9-11-5-2-1-3-6-11)18-19-15(17-14)16-10-12-7-4-8-21-12/h1-3,5-6,12H,4,7-10H2,(H2,16,17,19,20)/t12-/m0/s1. The SMILES string of the molecule is O=c1[nH]c(NC[C@@H]2CCCO2)nnc1Cc1ccccc1. The van der Waals surface area contributed by atoms with Gasteiger partial charge in [0.1, 0.15) is 5.69 Å². The third kappa shape index (κ3) is 3.66. The summed E-state index contributed by atoms with van der Waals surface area (Å²) in [5.41, 5.74) is 1.25. The number of ether oxygens (including phenoxy) is 1. The van der Waals surface area contributed by atoms with Gasteiger partial charge in [-0.25, -0.2) is 0 Å². The van der Waals surface area contributed by atoms with Gasteiger partial charge in [-0.1, -0.05) is 30.3 Å². The average molecular weight is 286 g/mol. The Kier molecular flexibility index (Phi) is 4.25. The predicted octanol–water partition coefficient (Wildman–Crippen LogP) is 1.35. The fourth-order valence-electron chi connectivity index (χ4n) is 2.36. The van der Waals surface area contributed by atoms with Crippen LogP contribution in [0.3, 0.4) is 0 Å². The maximum absolute atomic E-state index is 12.0. The van der Waals surface area contributed by atoms with E-state index in [2.05, 4.69) is 20.5 Å². The van der Waals surface area contributed by atoms with Crippen LogP contribution in [0.5, 0.6) is 0 Å². The molecule has 0 aliphatic carbocycles. The Labute approximate surface area is 122 Å². The van der Waals surface area contributed by atoms with Gasteiger partial charge in [-0.15, -0.1) is 10.2 Å². The van der Waals surface area contributed by atoms with Crippen LogP contribution in [0.15, 0.2) is 35.1 Å². The number of nitrogens with one attached hydrogen (secondary N) is 2. The van der Waals surface area contributed by atoms with Crippen LogP contribution in [0.1, 0.15) is 24.1 Å². The molecule has 0 spiro atoms. The van der Waals surface area contributed by atoms with Gasteiger partial charge in [0.25, 0.3) is 5.56 Å². The molecule has 1 aliphatic rings. The molecule has 0 saturated carbocycles. The normalized spacial score (nSPS) is 17.8. The Bertz CT molecular complexity index is 636. The zero-order valence-electron chi connectivity index (χ0n) is 11.7. The van der Waals surface area contributed by atoms with E-state index in [1.54, 1.807) is 0 Å². The van der Waals surface area contributed by atoms with E-state index in [1.807, 2.05) is 30.3 Å². The van der Waals surface area contributed by atoms with Crippen molar-refractivity contribution in [1.82, 2.24) is 15.2 Å². The molecule has 6 nitrogen and oxygen atoms in total. The van der Waals surface area contributed by atoms with Crippen LogP contribution in [0.2, 0.25) is 0 Å². The van der Waals surface area contributed by atoms with Gasteiger partial charge in [0.2, 0.25) is 5.95 Å². The Balaban J connectivity index is 1.63. The highest BCUT2D eigenvalue weighted by Gasteiger charge is 2.15. The van der Waals surface area contributed by atoms with E-state index in [1.165, 1.54) is 0 Å². The van der Waals surface area contributed by atoms with Crippen LogP contribution in [0.4, 0.5) is 5.95 Å². The Morgan fingerprint density at radius 2 is 2.14 bits per heavy atom. The summed E-state index contributed by atoms with van der Waals surface area (Å²) in [5.74, 6) is 0.396. The smallest absolute Gasteiger partial charge is 0.274 e. The van der Waals surface area contributed by atoms with Gasteiger partial charge in [-0.2, -0.15) is 0 Å². The lowest BCUT2D eigenvalue weighted by molar-refractivity contribution is 0.120. The van der Waals surface area contributed by atoms with Crippen molar-refractivity contribution >= 4 is 5.95 Å². The summed E-state index contributed by atoms with van der Waals surface area (Å²) in [7, 11) is 0. The fourth-order valence-corrected chi connectivity index (χ4v) is 2.36. The highest BCUT2D eigenvalue weighted by atomic mass is 16.5. The van der Waals surface area contributed by atoms with Crippen LogP contribution in [0.25, 0.3) is 0 Å². The summed E-state index contributed by atoms with van der Waals surface area (Å²) < 4.78 is 5.50. The summed E-state index contributed by atoms with van der Waals surface area (Å²) in [6.45, 7) is 1.45. The minimum Gasteiger partial charge on any atom is -0.376 e. The Morgan fingerprint density at radius 1 is 1.29 bits per heavy atom. The van der Waals surface area contributed by atoms with Gasteiger partial charge < -0.3 is 10.1 Å². The number of aromatic nitrogens is 3. The van der Waals surface area contributed by atoms with Crippen molar-refractivity contribution in [3.63, 3.8) is 0 Å². The molecule has 1 aliphatic heterocycles. The topological polar surface area (TPSA) is 79.9 Å². The number of benzene rings is 1. The summed E-state index contributed by atoms with van der Waals surface area (Å²) in [6, 6.07) is 9.75. The first-order chi connectivity index (χ1) is 10.3. The molecule has 110 valence electrons. The largest absolute Gasteiger partial charge is 0.376 e.